The lowest BCUT2D eigenvalue weighted by atomic mass is 10.1. The molecule has 0 saturated heterocycles. The Kier molecular flexibility index (Phi) is 10.9. The number of anilines is 1. The third-order valence-corrected chi connectivity index (χ3v) is 8.99. The monoisotopic (exact) mass is 623 g/mol. The molecule has 0 heterocycles. The summed E-state index contributed by atoms with van der Waals surface area (Å²) >= 11 is 18.8. The second-order valence-corrected chi connectivity index (χ2v) is 13.0. The van der Waals surface area contributed by atoms with Gasteiger partial charge in [0.05, 0.1) is 10.6 Å². The molecule has 0 saturated carbocycles. The normalized spacial score (nSPS) is 12.2. The molecule has 0 aliphatic heterocycles. The Labute approximate surface area is 251 Å². The van der Waals surface area contributed by atoms with E-state index in [4.69, 9.17) is 34.8 Å². The fourth-order valence-electron chi connectivity index (χ4n) is 3.86. The number of hydrogen-bond acceptors (Lipinski definition) is 4. The molecule has 1 N–H and O–H groups in total. The first-order valence-corrected chi connectivity index (χ1v) is 15.2. The van der Waals surface area contributed by atoms with Crippen LogP contribution in [0.4, 0.5) is 5.69 Å². The van der Waals surface area contributed by atoms with Crippen molar-refractivity contribution >= 4 is 62.3 Å². The molecule has 1 unspecified atom stereocenters. The molecule has 3 rings (SSSR count). The topological polar surface area (TPSA) is 86.8 Å². The number of nitrogens with zero attached hydrogens (tertiary/aromatic N) is 2. The highest BCUT2D eigenvalue weighted by Gasteiger charge is 2.33. The summed E-state index contributed by atoms with van der Waals surface area (Å²) in [4.78, 5) is 28.3. The molecule has 3 aromatic rings. The molecule has 0 radical (unpaired) electrons. The van der Waals surface area contributed by atoms with Crippen molar-refractivity contribution in [2.75, 3.05) is 17.4 Å². The van der Waals surface area contributed by atoms with Crippen molar-refractivity contribution in [3.63, 3.8) is 0 Å². The molecule has 40 heavy (non-hydrogen) atoms. The van der Waals surface area contributed by atoms with Crippen LogP contribution < -0.4 is 9.62 Å². The van der Waals surface area contributed by atoms with E-state index in [0.29, 0.717) is 32.9 Å². The fraction of sp³-hybridized carbons (Fsp3) is 0.310. The lowest BCUT2D eigenvalue weighted by Crippen LogP contribution is -2.51. The maximum absolute atomic E-state index is 14.0. The van der Waals surface area contributed by atoms with Gasteiger partial charge in [0.15, 0.2) is 0 Å². The molecule has 2 amide bonds. The summed E-state index contributed by atoms with van der Waals surface area (Å²) in [6.45, 7) is 7.12. The number of amides is 2. The van der Waals surface area contributed by atoms with Crippen molar-refractivity contribution in [1.29, 1.82) is 0 Å². The summed E-state index contributed by atoms with van der Waals surface area (Å²) in [5.74, 6) is -0.797. The van der Waals surface area contributed by atoms with Crippen LogP contribution in [-0.2, 0) is 26.2 Å². The zero-order valence-corrected chi connectivity index (χ0v) is 25.8. The first-order chi connectivity index (χ1) is 18.8. The van der Waals surface area contributed by atoms with E-state index in [0.717, 1.165) is 9.87 Å². The number of rotatable bonds is 11. The Hall–Kier alpha value is -2.78. The van der Waals surface area contributed by atoms with Gasteiger partial charge in [0, 0.05) is 33.7 Å². The molecular formula is C29H32Cl3N3O4S. The number of halogens is 3. The van der Waals surface area contributed by atoms with Crippen molar-refractivity contribution in [2.24, 2.45) is 5.92 Å². The van der Waals surface area contributed by atoms with E-state index < -0.39 is 28.5 Å². The van der Waals surface area contributed by atoms with Crippen LogP contribution >= 0.6 is 34.8 Å². The molecule has 0 aliphatic carbocycles. The Morgan fingerprint density at radius 3 is 2.00 bits per heavy atom. The highest BCUT2D eigenvalue weighted by molar-refractivity contribution is 7.92. The molecule has 0 aliphatic rings. The van der Waals surface area contributed by atoms with Gasteiger partial charge in [-0.05, 0) is 68.3 Å². The minimum atomic E-state index is -4.19. The van der Waals surface area contributed by atoms with Gasteiger partial charge in [0.1, 0.15) is 12.6 Å². The molecule has 7 nitrogen and oxygen atoms in total. The number of carbonyl (C=O) groups excluding carboxylic acids is 2. The SMILES string of the molecule is Cc1ccc(N(CC(=O)N(Cc2c(Cl)cccc2Cl)C(C)C(=O)NCC(C)C)S(=O)(=O)c2ccc(Cl)cc2)cc1. The minimum absolute atomic E-state index is 0.0336. The molecule has 3 aromatic carbocycles. The predicted molar refractivity (Wildman–Crippen MR) is 161 cm³/mol. The number of hydrogen-bond donors (Lipinski definition) is 1. The van der Waals surface area contributed by atoms with Gasteiger partial charge in [-0.2, -0.15) is 0 Å². The van der Waals surface area contributed by atoms with Crippen LogP contribution in [0.1, 0.15) is 31.9 Å². The lowest BCUT2D eigenvalue weighted by molar-refractivity contribution is -0.139. The van der Waals surface area contributed by atoms with E-state index in [1.807, 2.05) is 20.8 Å². The van der Waals surface area contributed by atoms with Crippen LogP contribution in [0.5, 0.6) is 0 Å². The van der Waals surface area contributed by atoms with Gasteiger partial charge in [-0.3, -0.25) is 13.9 Å². The summed E-state index contributed by atoms with van der Waals surface area (Å²) in [6, 6.07) is 16.5. The van der Waals surface area contributed by atoms with E-state index in [2.05, 4.69) is 5.32 Å². The largest absolute Gasteiger partial charge is 0.354 e. The van der Waals surface area contributed by atoms with Gasteiger partial charge in [-0.1, -0.05) is 72.4 Å². The number of benzene rings is 3. The summed E-state index contributed by atoms with van der Waals surface area (Å²) in [5, 5.41) is 3.86. The van der Waals surface area contributed by atoms with Crippen molar-refractivity contribution in [3.05, 3.63) is 92.9 Å². The van der Waals surface area contributed by atoms with E-state index in [9.17, 15) is 18.0 Å². The Balaban J connectivity index is 2.04. The summed E-state index contributed by atoms with van der Waals surface area (Å²) in [7, 11) is -4.19. The molecule has 0 fully saturated rings. The van der Waals surface area contributed by atoms with Gasteiger partial charge in [-0.15, -0.1) is 0 Å². The van der Waals surface area contributed by atoms with E-state index in [1.165, 1.54) is 29.2 Å². The molecule has 214 valence electrons. The Morgan fingerprint density at radius 2 is 1.45 bits per heavy atom. The first kappa shape index (κ1) is 31.7. The Morgan fingerprint density at radius 1 is 0.875 bits per heavy atom. The number of carbonyl (C=O) groups is 2. The van der Waals surface area contributed by atoms with Gasteiger partial charge < -0.3 is 10.2 Å². The highest BCUT2D eigenvalue weighted by atomic mass is 35.5. The average Bonchev–Trinajstić information content (AvgIpc) is 2.90. The van der Waals surface area contributed by atoms with E-state index >= 15 is 0 Å². The predicted octanol–water partition coefficient (Wildman–Crippen LogP) is 6.34. The minimum Gasteiger partial charge on any atom is -0.354 e. The maximum atomic E-state index is 14.0. The van der Waals surface area contributed by atoms with Crippen LogP contribution in [0.15, 0.2) is 71.6 Å². The molecule has 1 atom stereocenters. The van der Waals surface area contributed by atoms with Crippen molar-refractivity contribution in [1.82, 2.24) is 10.2 Å². The molecule has 0 aromatic heterocycles. The second-order valence-electron chi connectivity index (χ2n) is 9.84. The molecule has 11 heteroatoms. The van der Waals surface area contributed by atoms with Crippen LogP contribution in [-0.4, -0.2) is 44.3 Å². The molecule has 0 spiro atoms. The highest BCUT2D eigenvalue weighted by Crippen LogP contribution is 2.29. The molecule has 0 bridgehead atoms. The standard InChI is InChI=1S/C29H32Cl3N3O4S/c1-19(2)16-33-29(37)21(4)34(17-25-26(31)6-5-7-27(25)32)28(36)18-35(23-12-8-20(3)9-13-23)40(38,39)24-14-10-22(30)11-15-24/h5-15,19,21H,16-18H2,1-4H3,(H,33,37). The second kappa shape index (κ2) is 13.7. The van der Waals surface area contributed by atoms with Gasteiger partial charge in [-0.25, -0.2) is 8.42 Å². The maximum Gasteiger partial charge on any atom is 0.264 e. The van der Waals surface area contributed by atoms with Crippen LogP contribution in [0.3, 0.4) is 0 Å². The third-order valence-electron chi connectivity index (χ3n) is 6.24. The fourth-order valence-corrected chi connectivity index (χ4v) is 5.92. The van der Waals surface area contributed by atoms with E-state index in [1.54, 1.807) is 49.4 Å². The van der Waals surface area contributed by atoms with Gasteiger partial charge in [0.25, 0.3) is 10.0 Å². The zero-order chi connectivity index (χ0) is 29.6. The first-order valence-electron chi connectivity index (χ1n) is 12.7. The summed E-state index contributed by atoms with van der Waals surface area (Å²) in [6.07, 6.45) is 0. The van der Waals surface area contributed by atoms with Crippen LogP contribution in [0, 0.1) is 12.8 Å². The van der Waals surface area contributed by atoms with Crippen LogP contribution in [0.25, 0.3) is 0 Å². The smallest absolute Gasteiger partial charge is 0.264 e. The van der Waals surface area contributed by atoms with Crippen molar-refractivity contribution in [2.45, 2.75) is 45.2 Å². The number of aryl methyl sites for hydroxylation is 1. The average molecular weight is 625 g/mol. The lowest BCUT2D eigenvalue weighted by Gasteiger charge is -2.32. The Bertz CT molecular complexity index is 1430. The molecular weight excluding hydrogens is 593 g/mol. The zero-order valence-electron chi connectivity index (χ0n) is 22.7. The summed E-state index contributed by atoms with van der Waals surface area (Å²) in [5.41, 5.74) is 1.66. The van der Waals surface area contributed by atoms with E-state index in [-0.39, 0.29) is 23.3 Å². The quantitative estimate of drug-likeness (QED) is 0.270. The third kappa shape index (κ3) is 7.91. The van der Waals surface area contributed by atoms with Gasteiger partial charge in [0.2, 0.25) is 11.8 Å². The number of nitrogens with one attached hydrogen (secondary N) is 1. The van der Waals surface area contributed by atoms with Crippen LogP contribution in [0.2, 0.25) is 15.1 Å². The van der Waals surface area contributed by atoms with Crippen molar-refractivity contribution < 1.29 is 18.0 Å². The summed E-state index contributed by atoms with van der Waals surface area (Å²) < 4.78 is 28.7. The number of sulfonamides is 1. The van der Waals surface area contributed by atoms with Crippen molar-refractivity contribution in [3.8, 4) is 0 Å². The van der Waals surface area contributed by atoms with Gasteiger partial charge >= 0.3 is 0 Å².